The molecule has 0 radical (unpaired) electrons. The molecule has 35 heavy (non-hydrogen) atoms. The molecule has 1 N–H and O–H groups in total. The molecule has 0 aliphatic carbocycles. The molecule has 0 bridgehead atoms. The number of aryl methyl sites for hydroxylation is 1. The summed E-state index contributed by atoms with van der Waals surface area (Å²) in [4.78, 5) is 31.6. The highest BCUT2D eigenvalue weighted by atomic mass is 32.1. The predicted octanol–water partition coefficient (Wildman–Crippen LogP) is 4.95. The molecule has 2 aromatic heterocycles. The lowest BCUT2D eigenvalue weighted by molar-refractivity contribution is -0.117. The Bertz CT molecular complexity index is 1160. The minimum Gasteiger partial charge on any atom is -0.465 e. The fourth-order valence-corrected chi connectivity index (χ4v) is 5.41. The zero-order valence-corrected chi connectivity index (χ0v) is 21.6. The number of anilines is 1. The van der Waals surface area contributed by atoms with Gasteiger partial charge in [0.15, 0.2) is 0 Å². The van der Waals surface area contributed by atoms with Crippen molar-refractivity contribution in [1.29, 1.82) is 0 Å². The van der Waals surface area contributed by atoms with Crippen molar-refractivity contribution < 1.29 is 18.7 Å². The first-order valence-corrected chi connectivity index (χ1v) is 12.8. The summed E-state index contributed by atoms with van der Waals surface area (Å²) in [6, 6.07) is 14.0. The Morgan fingerprint density at radius 1 is 1.09 bits per heavy atom. The summed E-state index contributed by atoms with van der Waals surface area (Å²) in [5.74, 6) is 1.46. The Balaban J connectivity index is 1.59. The number of hydrogen-bond acceptors (Lipinski definition) is 6. The zero-order valence-electron chi connectivity index (χ0n) is 20.8. The summed E-state index contributed by atoms with van der Waals surface area (Å²) in [7, 11) is 0. The van der Waals surface area contributed by atoms with Crippen molar-refractivity contribution in [3.05, 3.63) is 65.1 Å². The molecule has 186 valence electrons. The highest BCUT2D eigenvalue weighted by Gasteiger charge is 2.28. The number of furan rings is 1. The molecule has 1 aliphatic rings. The van der Waals surface area contributed by atoms with Gasteiger partial charge in [0.05, 0.1) is 31.9 Å². The van der Waals surface area contributed by atoms with Crippen LogP contribution in [0.4, 0.5) is 5.00 Å². The Morgan fingerprint density at radius 2 is 1.80 bits per heavy atom. The van der Waals surface area contributed by atoms with E-state index in [1.54, 1.807) is 0 Å². The highest BCUT2D eigenvalue weighted by molar-refractivity contribution is 7.20. The SMILES string of the molecule is Cc1ccc(CN(CC(=O)Nc2sc(-c3ccccc3)c(C)c2C(=O)N2CCOCC2)C(C)C)o1. The van der Waals surface area contributed by atoms with E-state index in [4.69, 9.17) is 9.15 Å². The summed E-state index contributed by atoms with van der Waals surface area (Å²) in [5, 5.41) is 3.66. The lowest BCUT2D eigenvalue weighted by Crippen LogP contribution is -2.41. The molecule has 4 rings (SSSR count). The second-order valence-corrected chi connectivity index (χ2v) is 10.1. The van der Waals surface area contributed by atoms with Gasteiger partial charge in [-0.05, 0) is 51.0 Å². The fourth-order valence-electron chi connectivity index (χ4n) is 4.19. The van der Waals surface area contributed by atoms with Crippen molar-refractivity contribution in [1.82, 2.24) is 9.80 Å². The van der Waals surface area contributed by atoms with E-state index in [1.165, 1.54) is 11.3 Å². The van der Waals surface area contributed by atoms with E-state index in [1.807, 2.05) is 61.2 Å². The molecule has 1 fully saturated rings. The second kappa shape index (κ2) is 11.2. The predicted molar refractivity (Wildman–Crippen MR) is 139 cm³/mol. The van der Waals surface area contributed by atoms with Crippen LogP contribution in [0.5, 0.6) is 0 Å². The molecular weight excluding hydrogens is 462 g/mol. The second-order valence-electron chi connectivity index (χ2n) is 9.09. The van der Waals surface area contributed by atoms with Crippen LogP contribution >= 0.6 is 11.3 Å². The van der Waals surface area contributed by atoms with Crippen molar-refractivity contribution >= 4 is 28.2 Å². The first kappa shape index (κ1) is 25.2. The van der Waals surface area contributed by atoms with E-state index in [-0.39, 0.29) is 24.4 Å². The van der Waals surface area contributed by atoms with Gasteiger partial charge in [-0.2, -0.15) is 0 Å². The van der Waals surface area contributed by atoms with E-state index in [0.717, 1.165) is 27.5 Å². The maximum atomic E-state index is 13.5. The normalized spacial score (nSPS) is 14.1. The number of carbonyl (C=O) groups is 2. The van der Waals surface area contributed by atoms with Gasteiger partial charge in [0, 0.05) is 24.0 Å². The summed E-state index contributed by atoms with van der Waals surface area (Å²) in [6.45, 7) is 10.9. The molecule has 3 heterocycles. The summed E-state index contributed by atoms with van der Waals surface area (Å²) in [5.41, 5.74) is 2.49. The third-order valence-corrected chi connectivity index (χ3v) is 7.44. The quantitative estimate of drug-likeness (QED) is 0.479. The fraction of sp³-hybridized carbons (Fsp3) is 0.407. The van der Waals surface area contributed by atoms with Crippen LogP contribution in [0.2, 0.25) is 0 Å². The van der Waals surface area contributed by atoms with E-state index in [0.29, 0.717) is 43.4 Å². The van der Waals surface area contributed by atoms with E-state index in [9.17, 15) is 9.59 Å². The minimum absolute atomic E-state index is 0.0636. The molecule has 0 saturated carbocycles. The molecule has 8 heteroatoms. The molecular formula is C27H33N3O4S. The molecule has 0 spiro atoms. The number of nitrogens with one attached hydrogen (secondary N) is 1. The summed E-state index contributed by atoms with van der Waals surface area (Å²) in [6.07, 6.45) is 0. The number of thiophene rings is 1. The Morgan fingerprint density at radius 3 is 2.43 bits per heavy atom. The van der Waals surface area contributed by atoms with Gasteiger partial charge in [-0.25, -0.2) is 0 Å². The zero-order chi connectivity index (χ0) is 24.9. The number of carbonyl (C=O) groups excluding carboxylic acids is 2. The molecule has 1 aliphatic heterocycles. The maximum absolute atomic E-state index is 13.5. The first-order valence-electron chi connectivity index (χ1n) is 12.0. The molecule has 0 atom stereocenters. The molecule has 1 saturated heterocycles. The average molecular weight is 496 g/mol. The monoisotopic (exact) mass is 495 g/mol. The van der Waals surface area contributed by atoms with Gasteiger partial charge in [-0.1, -0.05) is 30.3 Å². The van der Waals surface area contributed by atoms with Gasteiger partial charge in [0.1, 0.15) is 16.5 Å². The van der Waals surface area contributed by atoms with E-state index >= 15 is 0 Å². The van der Waals surface area contributed by atoms with Crippen LogP contribution in [0.15, 0.2) is 46.9 Å². The van der Waals surface area contributed by atoms with Crippen molar-refractivity contribution in [2.75, 3.05) is 38.2 Å². The van der Waals surface area contributed by atoms with Crippen LogP contribution in [0.25, 0.3) is 10.4 Å². The molecule has 7 nitrogen and oxygen atoms in total. The third kappa shape index (κ3) is 6.01. The van der Waals surface area contributed by atoms with Gasteiger partial charge in [0.2, 0.25) is 5.91 Å². The van der Waals surface area contributed by atoms with Crippen LogP contribution < -0.4 is 5.32 Å². The van der Waals surface area contributed by atoms with Crippen LogP contribution in [0.1, 0.15) is 41.3 Å². The molecule has 0 unspecified atom stereocenters. The topological polar surface area (TPSA) is 75.0 Å². The molecule has 2 amide bonds. The summed E-state index contributed by atoms with van der Waals surface area (Å²) < 4.78 is 11.1. The molecule has 1 aromatic carbocycles. The minimum atomic E-state index is -0.154. The summed E-state index contributed by atoms with van der Waals surface area (Å²) >= 11 is 1.45. The van der Waals surface area contributed by atoms with Gasteiger partial charge >= 0.3 is 0 Å². The number of ether oxygens (including phenoxy) is 1. The van der Waals surface area contributed by atoms with Crippen molar-refractivity contribution in [2.45, 2.75) is 40.3 Å². The van der Waals surface area contributed by atoms with Crippen LogP contribution in [0.3, 0.4) is 0 Å². The van der Waals surface area contributed by atoms with Gasteiger partial charge in [-0.3, -0.25) is 14.5 Å². The lowest BCUT2D eigenvalue weighted by atomic mass is 10.1. The first-order chi connectivity index (χ1) is 16.8. The van der Waals surface area contributed by atoms with Crippen LogP contribution in [0, 0.1) is 13.8 Å². The Labute approximate surface area is 210 Å². The number of amides is 2. The van der Waals surface area contributed by atoms with Crippen molar-refractivity contribution in [3.8, 4) is 10.4 Å². The third-order valence-electron chi connectivity index (χ3n) is 6.18. The van der Waals surface area contributed by atoms with Crippen LogP contribution in [-0.4, -0.2) is 60.5 Å². The number of hydrogen-bond donors (Lipinski definition) is 1. The lowest BCUT2D eigenvalue weighted by Gasteiger charge is -2.27. The largest absolute Gasteiger partial charge is 0.465 e. The number of nitrogens with zero attached hydrogens (tertiary/aromatic N) is 2. The van der Waals surface area contributed by atoms with Gasteiger partial charge in [0.25, 0.3) is 5.91 Å². The number of benzene rings is 1. The number of morpholine rings is 1. The average Bonchev–Trinajstić information content (AvgIpc) is 3.41. The smallest absolute Gasteiger partial charge is 0.257 e. The standard InChI is InChI=1S/C27H33N3O4S/c1-18(2)30(16-22-11-10-19(3)34-22)17-23(31)28-26-24(27(32)29-12-14-33-15-13-29)20(4)25(35-26)21-8-6-5-7-9-21/h5-11,18H,12-17H2,1-4H3,(H,28,31). The maximum Gasteiger partial charge on any atom is 0.257 e. The van der Waals surface area contributed by atoms with Gasteiger partial charge in [-0.15, -0.1) is 11.3 Å². The van der Waals surface area contributed by atoms with E-state index < -0.39 is 0 Å². The van der Waals surface area contributed by atoms with Gasteiger partial charge < -0.3 is 19.4 Å². The van der Waals surface area contributed by atoms with Crippen molar-refractivity contribution in [2.24, 2.45) is 0 Å². The van der Waals surface area contributed by atoms with Crippen molar-refractivity contribution in [3.63, 3.8) is 0 Å². The Hall–Kier alpha value is -2.94. The molecule has 3 aromatic rings. The highest BCUT2D eigenvalue weighted by Crippen LogP contribution is 2.40. The van der Waals surface area contributed by atoms with Crippen LogP contribution in [-0.2, 0) is 16.1 Å². The number of rotatable bonds is 8. The van der Waals surface area contributed by atoms with E-state index in [2.05, 4.69) is 24.1 Å². The Kier molecular flexibility index (Phi) is 8.05.